The number of ether oxygens (including phenoxy) is 2. The molecule has 7 heteroatoms. The van der Waals surface area contributed by atoms with E-state index in [9.17, 15) is 4.79 Å². The number of hydrogen-bond donors (Lipinski definition) is 1. The van der Waals surface area contributed by atoms with Crippen molar-refractivity contribution in [1.82, 2.24) is 4.90 Å². The molecule has 1 aromatic rings. The molecule has 5 nitrogen and oxygen atoms in total. The average molecular weight is 424 g/mol. The van der Waals surface area contributed by atoms with E-state index in [4.69, 9.17) is 15.2 Å². The van der Waals surface area contributed by atoms with Crippen LogP contribution in [0.15, 0.2) is 16.6 Å². The summed E-state index contributed by atoms with van der Waals surface area (Å²) in [6, 6.07) is 3.48. The second kappa shape index (κ2) is 10.1. The van der Waals surface area contributed by atoms with Crippen molar-refractivity contribution < 1.29 is 14.3 Å². The van der Waals surface area contributed by atoms with E-state index in [2.05, 4.69) is 15.9 Å². The van der Waals surface area contributed by atoms with Crippen LogP contribution in [-0.4, -0.2) is 44.7 Å². The molecule has 0 unspecified atom stereocenters. The molecule has 0 aliphatic carbocycles. The van der Waals surface area contributed by atoms with Crippen molar-refractivity contribution in [3.05, 3.63) is 22.2 Å². The van der Waals surface area contributed by atoms with Crippen LogP contribution in [0.1, 0.15) is 37.6 Å². The van der Waals surface area contributed by atoms with Gasteiger partial charge in [-0.15, -0.1) is 12.4 Å². The minimum atomic E-state index is -0.129. The Bertz CT molecular complexity index is 553. The lowest BCUT2D eigenvalue weighted by atomic mass is 9.93. The van der Waals surface area contributed by atoms with Gasteiger partial charge in [-0.05, 0) is 46.4 Å². The van der Waals surface area contributed by atoms with Crippen molar-refractivity contribution in [2.45, 2.75) is 27.2 Å². The van der Waals surface area contributed by atoms with Crippen molar-refractivity contribution >= 4 is 34.2 Å². The Hall–Kier alpha value is -0.980. The fraction of sp³-hybridized carbons (Fsp3) is 0.588. The third kappa shape index (κ3) is 6.15. The smallest absolute Gasteiger partial charge is 0.253 e. The number of rotatable bonds is 8. The summed E-state index contributed by atoms with van der Waals surface area (Å²) < 4.78 is 11.8. The van der Waals surface area contributed by atoms with Gasteiger partial charge in [0.15, 0.2) is 11.5 Å². The van der Waals surface area contributed by atoms with E-state index in [-0.39, 0.29) is 23.7 Å². The molecular weight excluding hydrogens is 396 g/mol. The summed E-state index contributed by atoms with van der Waals surface area (Å²) in [7, 11) is 3.34. The molecule has 0 heterocycles. The standard InChI is InChI=1S/C17H27BrN2O3.ClH/c1-6-7-23-15-13(18)8-12(9-14(15)22-5)16(21)20(4)11-17(2,3)10-19;/h8-9H,6-7,10-11,19H2,1-5H3;1H. The summed E-state index contributed by atoms with van der Waals surface area (Å²) in [6.07, 6.45) is 0.896. The molecule has 0 aliphatic heterocycles. The molecule has 0 spiro atoms. The quantitative estimate of drug-likeness (QED) is 0.692. The second-order valence-electron chi connectivity index (χ2n) is 6.37. The zero-order valence-corrected chi connectivity index (χ0v) is 17.4. The lowest BCUT2D eigenvalue weighted by molar-refractivity contribution is 0.0740. The van der Waals surface area contributed by atoms with Crippen LogP contribution in [0.2, 0.25) is 0 Å². The van der Waals surface area contributed by atoms with Gasteiger partial charge in [-0.3, -0.25) is 4.79 Å². The predicted molar refractivity (Wildman–Crippen MR) is 104 cm³/mol. The van der Waals surface area contributed by atoms with Crippen LogP contribution in [0.5, 0.6) is 11.5 Å². The molecule has 1 amide bonds. The fourth-order valence-corrected chi connectivity index (χ4v) is 2.74. The number of carbonyl (C=O) groups is 1. The minimum Gasteiger partial charge on any atom is -0.493 e. The summed E-state index contributed by atoms with van der Waals surface area (Å²) in [5.41, 5.74) is 6.17. The number of nitrogens with two attached hydrogens (primary N) is 1. The Kier molecular flexibility index (Phi) is 9.70. The first kappa shape index (κ1) is 23.0. The number of amides is 1. The van der Waals surface area contributed by atoms with Crippen LogP contribution in [-0.2, 0) is 0 Å². The van der Waals surface area contributed by atoms with Gasteiger partial charge < -0.3 is 20.1 Å². The van der Waals surface area contributed by atoms with Gasteiger partial charge >= 0.3 is 0 Å². The molecule has 0 atom stereocenters. The van der Waals surface area contributed by atoms with Crippen molar-refractivity contribution in [2.24, 2.45) is 11.1 Å². The number of nitrogens with zero attached hydrogens (tertiary/aromatic N) is 1. The van der Waals surface area contributed by atoms with Crippen LogP contribution in [0, 0.1) is 5.41 Å². The molecule has 0 aliphatic rings. The molecular formula is C17H28BrClN2O3. The van der Waals surface area contributed by atoms with Gasteiger partial charge in [0.1, 0.15) is 0 Å². The summed E-state index contributed by atoms with van der Waals surface area (Å²) in [5, 5.41) is 0. The lowest BCUT2D eigenvalue weighted by Crippen LogP contribution is -2.39. The van der Waals surface area contributed by atoms with Crippen molar-refractivity contribution in [3.8, 4) is 11.5 Å². The van der Waals surface area contributed by atoms with Crippen LogP contribution in [0.25, 0.3) is 0 Å². The fourth-order valence-electron chi connectivity index (χ4n) is 2.19. The average Bonchev–Trinajstić information content (AvgIpc) is 2.51. The monoisotopic (exact) mass is 422 g/mol. The number of methoxy groups -OCH3 is 1. The van der Waals surface area contributed by atoms with Gasteiger partial charge in [0.25, 0.3) is 5.91 Å². The van der Waals surface area contributed by atoms with Crippen LogP contribution >= 0.6 is 28.3 Å². The molecule has 0 saturated carbocycles. The molecule has 1 aromatic carbocycles. The van der Waals surface area contributed by atoms with Gasteiger partial charge in [0.05, 0.1) is 18.2 Å². The highest BCUT2D eigenvalue weighted by molar-refractivity contribution is 9.10. The van der Waals surface area contributed by atoms with E-state index in [1.165, 1.54) is 0 Å². The van der Waals surface area contributed by atoms with Crippen molar-refractivity contribution in [3.63, 3.8) is 0 Å². The first-order valence-electron chi connectivity index (χ1n) is 7.71. The molecule has 0 saturated heterocycles. The Morgan fingerprint density at radius 2 is 2.00 bits per heavy atom. The zero-order chi connectivity index (χ0) is 17.6. The molecule has 0 radical (unpaired) electrons. The number of carbonyl (C=O) groups excluding carboxylic acids is 1. The SMILES string of the molecule is CCCOc1c(Br)cc(C(=O)N(C)CC(C)(C)CN)cc1OC.Cl. The van der Waals surface area contributed by atoms with Crippen LogP contribution < -0.4 is 15.2 Å². The van der Waals surface area contributed by atoms with E-state index in [1.54, 1.807) is 31.2 Å². The summed E-state index contributed by atoms with van der Waals surface area (Å²) >= 11 is 3.47. The zero-order valence-electron chi connectivity index (χ0n) is 15.0. The van der Waals surface area contributed by atoms with Crippen molar-refractivity contribution in [2.75, 3.05) is 33.9 Å². The van der Waals surface area contributed by atoms with Gasteiger partial charge in [0.2, 0.25) is 0 Å². The summed E-state index contributed by atoms with van der Waals surface area (Å²) in [5.74, 6) is 1.09. The number of hydrogen-bond acceptors (Lipinski definition) is 4. The molecule has 2 N–H and O–H groups in total. The lowest BCUT2D eigenvalue weighted by Gasteiger charge is -2.29. The summed E-state index contributed by atoms with van der Waals surface area (Å²) in [6.45, 7) is 7.79. The molecule has 1 rings (SSSR count). The molecule has 0 bridgehead atoms. The third-order valence-electron chi connectivity index (χ3n) is 3.49. The van der Waals surface area contributed by atoms with Gasteiger partial charge in [-0.25, -0.2) is 0 Å². The maximum atomic E-state index is 12.7. The molecule has 138 valence electrons. The highest BCUT2D eigenvalue weighted by atomic mass is 79.9. The van der Waals surface area contributed by atoms with Gasteiger partial charge in [0, 0.05) is 19.2 Å². The second-order valence-corrected chi connectivity index (χ2v) is 7.22. The maximum absolute atomic E-state index is 12.7. The maximum Gasteiger partial charge on any atom is 0.253 e. The highest BCUT2D eigenvalue weighted by Crippen LogP contribution is 2.37. The topological polar surface area (TPSA) is 64.8 Å². The van der Waals surface area contributed by atoms with Crippen LogP contribution in [0.3, 0.4) is 0 Å². The van der Waals surface area contributed by atoms with Crippen LogP contribution in [0.4, 0.5) is 0 Å². The van der Waals surface area contributed by atoms with E-state index in [0.717, 1.165) is 6.42 Å². The van der Waals surface area contributed by atoms with Crippen molar-refractivity contribution in [1.29, 1.82) is 0 Å². The predicted octanol–water partition coefficient (Wildman–Crippen LogP) is 3.73. The molecule has 24 heavy (non-hydrogen) atoms. The molecule has 0 fully saturated rings. The van der Waals surface area contributed by atoms with Gasteiger partial charge in [-0.1, -0.05) is 20.8 Å². The Morgan fingerprint density at radius 3 is 2.50 bits per heavy atom. The number of halogens is 2. The normalized spacial score (nSPS) is 10.8. The Morgan fingerprint density at radius 1 is 1.38 bits per heavy atom. The van der Waals surface area contributed by atoms with E-state index in [0.29, 0.717) is 41.2 Å². The Labute approximate surface area is 159 Å². The van der Waals surface area contributed by atoms with E-state index < -0.39 is 0 Å². The van der Waals surface area contributed by atoms with E-state index >= 15 is 0 Å². The minimum absolute atomic E-state index is 0. The number of benzene rings is 1. The first-order valence-corrected chi connectivity index (χ1v) is 8.51. The largest absolute Gasteiger partial charge is 0.493 e. The summed E-state index contributed by atoms with van der Waals surface area (Å²) in [4.78, 5) is 14.3. The van der Waals surface area contributed by atoms with E-state index in [1.807, 2.05) is 20.8 Å². The third-order valence-corrected chi connectivity index (χ3v) is 4.08. The first-order chi connectivity index (χ1) is 10.8. The Balaban J connectivity index is 0.00000529. The highest BCUT2D eigenvalue weighted by Gasteiger charge is 2.23. The molecule has 0 aromatic heterocycles. The van der Waals surface area contributed by atoms with Gasteiger partial charge in [-0.2, -0.15) is 0 Å².